The molecule has 0 radical (unpaired) electrons. The van der Waals surface area contributed by atoms with Gasteiger partial charge in [-0.05, 0) is 49.6 Å². The van der Waals surface area contributed by atoms with Crippen LogP contribution in [0, 0.1) is 11.7 Å². The Morgan fingerprint density at radius 1 is 1.38 bits per heavy atom. The molecule has 1 fully saturated rings. The minimum atomic E-state index is -0.211. The summed E-state index contributed by atoms with van der Waals surface area (Å²) in [5.74, 6) is 0.377. The first kappa shape index (κ1) is 11.9. The second kappa shape index (κ2) is 5.15. The molecule has 0 heterocycles. The average Bonchev–Trinajstić information content (AvgIpc) is 2.78. The maximum absolute atomic E-state index is 13.2. The van der Waals surface area contributed by atoms with E-state index in [9.17, 15) is 4.39 Å². The lowest BCUT2D eigenvalue weighted by Gasteiger charge is -2.24. The van der Waals surface area contributed by atoms with E-state index in [2.05, 4.69) is 5.32 Å². The lowest BCUT2D eigenvalue weighted by atomic mass is 9.91. The third-order valence-electron chi connectivity index (χ3n) is 3.48. The highest BCUT2D eigenvalue weighted by Crippen LogP contribution is 2.38. The molecule has 1 aromatic rings. The number of nitrogens with one attached hydrogen (secondary N) is 1. The SMILES string of the molecule is CNC(c1cc(F)ccc1Cl)C1CCCC1. The molecule has 16 heavy (non-hydrogen) atoms. The van der Waals surface area contributed by atoms with Gasteiger partial charge >= 0.3 is 0 Å². The Kier molecular flexibility index (Phi) is 3.82. The van der Waals surface area contributed by atoms with Gasteiger partial charge in [0.1, 0.15) is 5.82 Å². The molecular formula is C13H17ClFN. The van der Waals surface area contributed by atoms with Gasteiger partial charge in [0.2, 0.25) is 0 Å². The molecule has 2 rings (SSSR count). The molecule has 1 atom stereocenters. The van der Waals surface area contributed by atoms with E-state index in [1.165, 1.54) is 31.7 Å². The minimum Gasteiger partial charge on any atom is -0.313 e. The predicted octanol–water partition coefficient (Wildman–Crippen LogP) is 3.93. The van der Waals surface area contributed by atoms with Gasteiger partial charge in [-0.15, -0.1) is 0 Å². The van der Waals surface area contributed by atoms with Gasteiger partial charge in [-0.2, -0.15) is 0 Å². The molecule has 1 aliphatic carbocycles. The standard InChI is InChI=1S/C13H17ClFN/c1-16-13(9-4-2-3-5-9)11-8-10(15)6-7-12(11)14/h6-9,13,16H,2-5H2,1H3. The van der Waals surface area contributed by atoms with E-state index in [-0.39, 0.29) is 11.9 Å². The van der Waals surface area contributed by atoms with Crippen LogP contribution >= 0.6 is 11.6 Å². The van der Waals surface area contributed by atoms with Gasteiger partial charge in [0.05, 0.1) is 0 Å². The van der Waals surface area contributed by atoms with Crippen molar-refractivity contribution in [3.63, 3.8) is 0 Å². The summed E-state index contributed by atoms with van der Waals surface area (Å²) in [6, 6.07) is 4.80. The molecule has 0 aliphatic heterocycles. The molecule has 0 amide bonds. The third-order valence-corrected chi connectivity index (χ3v) is 3.82. The highest BCUT2D eigenvalue weighted by molar-refractivity contribution is 6.31. The second-order valence-corrected chi connectivity index (χ2v) is 4.88. The van der Waals surface area contributed by atoms with E-state index in [0.717, 1.165) is 5.56 Å². The Hall–Kier alpha value is -0.600. The summed E-state index contributed by atoms with van der Waals surface area (Å²) in [6.45, 7) is 0. The van der Waals surface area contributed by atoms with Crippen molar-refractivity contribution >= 4 is 11.6 Å². The van der Waals surface area contributed by atoms with Crippen molar-refractivity contribution < 1.29 is 4.39 Å². The van der Waals surface area contributed by atoms with Crippen LogP contribution in [0.1, 0.15) is 37.3 Å². The van der Waals surface area contributed by atoms with Crippen LogP contribution in [-0.4, -0.2) is 7.05 Å². The summed E-state index contributed by atoms with van der Waals surface area (Å²) in [7, 11) is 1.92. The third kappa shape index (κ3) is 2.38. The highest BCUT2D eigenvalue weighted by atomic mass is 35.5. The number of hydrogen-bond donors (Lipinski definition) is 1. The van der Waals surface area contributed by atoms with E-state index >= 15 is 0 Å². The Bertz CT molecular complexity index is 361. The van der Waals surface area contributed by atoms with Gasteiger partial charge in [0.15, 0.2) is 0 Å². The highest BCUT2D eigenvalue weighted by Gasteiger charge is 2.26. The molecule has 1 aromatic carbocycles. The molecule has 3 heteroatoms. The molecule has 0 bridgehead atoms. The maximum atomic E-state index is 13.2. The van der Waals surface area contributed by atoms with Gasteiger partial charge in [-0.25, -0.2) is 4.39 Å². The van der Waals surface area contributed by atoms with Gasteiger partial charge in [0.25, 0.3) is 0 Å². The fourth-order valence-corrected chi connectivity index (χ4v) is 2.92. The Morgan fingerprint density at radius 2 is 2.06 bits per heavy atom. The van der Waals surface area contributed by atoms with Gasteiger partial charge in [0, 0.05) is 11.1 Å². The van der Waals surface area contributed by atoms with Crippen LogP contribution in [0.15, 0.2) is 18.2 Å². The zero-order valence-electron chi connectivity index (χ0n) is 9.47. The van der Waals surface area contributed by atoms with E-state index in [0.29, 0.717) is 10.9 Å². The number of rotatable bonds is 3. The Morgan fingerprint density at radius 3 is 2.69 bits per heavy atom. The smallest absolute Gasteiger partial charge is 0.123 e. The topological polar surface area (TPSA) is 12.0 Å². The van der Waals surface area contributed by atoms with Gasteiger partial charge < -0.3 is 5.32 Å². The summed E-state index contributed by atoms with van der Waals surface area (Å²) in [6.07, 6.45) is 4.96. The molecule has 0 aromatic heterocycles. The van der Waals surface area contributed by atoms with Crippen LogP contribution in [-0.2, 0) is 0 Å². The summed E-state index contributed by atoms with van der Waals surface area (Å²) in [5, 5.41) is 3.94. The summed E-state index contributed by atoms with van der Waals surface area (Å²) < 4.78 is 13.2. The van der Waals surface area contributed by atoms with Crippen molar-refractivity contribution in [3.8, 4) is 0 Å². The Labute approximate surface area is 101 Å². The van der Waals surface area contributed by atoms with Crippen molar-refractivity contribution in [1.82, 2.24) is 5.32 Å². The first-order valence-electron chi connectivity index (χ1n) is 5.84. The minimum absolute atomic E-state index is 0.186. The van der Waals surface area contributed by atoms with Gasteiger partial charge in [-0.3, -0.25) is 0 Å². The molecule has 88 valence electrons. The average molecular weight is 242 g/mol. The molecule has 1 N–H and O–H groups in total. The number of halogens is 2. The lowest BCUT2D eigenvalue weighted by Crippen LogP contribution is -2.24. The summed E-state index contributed by atoms with van der Waals surface area (Å²) in [4.78, 5) is 0. The fraction of sp³-hybridized carbons (Fsp3) is 0.538. The molecule has 1 aliphatic rings. The van der Waals surface area contributed by atoms with E-state index in [4.69, 9.17) is 11.6 Å². The molecule has 1 saturated carbocycles. The van der Waals surface area contributed by atoms with E-state index in [1.807, 2.05) is 7.05 Å². The normalized spacial score (nSPS) is 18.9. The van der Waals surface area contributed by atoms with Crippen LogP contribution < -0.4 is 5.32 Å². The van der Waals surface area contributed by atoms with Gasteiger partial charge in [-0.1, -0.05) is 24.4 Å². The monoisotopic (exact) mass is 241 g/mol. The fourth-order valence-electron chi connectivity index (χ4n) is 2.69. The molecule has 0 saturated heterocycles. The van der Waals surface area contributed by atoms with E-state index in [1.54, 1.807) is 12.1 Å². The summed E-state index contributed by atoms with van der Waals surface area (Å²) >= 11 is 6.14. The second-order valence-electron chi connectivity index (χ2n) is 4.48. The van der Waals surface area contributed by atoms with Crippen molar-refractivity contribution in [2.75, 3.05) is 7.05 Å². The van der Waals surface area contributed by atoms with Crippen LogP contribution in [0.25, 0.3) is 0 Å². The summed E-state index contributed by atoms with van der Waals surface area (Å²) in [5.41, 5.74) is 0.899. The number of hydrogen-bond acceptors (Lipinski definition) is 1. The van der Waals surface area contributed by atoms with Crippen molar-refractivity contribution in [2.24, 2.45) is 5.92 Å². The molecular weight excluding hydrogens is 225 g/mol. The molecule has 1 nitrogen and oxygen atoms in total. The van der Waals surface area contributed by atoms with Crippen molar-refractivity contribution in [1.29, 1.82) is 0 Å². The quantitative estimate of drug-likeness (QED) is 0.846. The lowest BCUT2D eigenvalue weighted by molar-refractivity contribution is 0.389. The van der Waals surface area contributed by atoms with E-state index < -0.39 is 0 Å². The predicted molar refractivity (Wildman–Crippen MR) is 65.2 cm³/mol. The Balaban J connectivity index is 2.28. The van der Waals surface area contributed by atoms with Crippen molar-refractivity contribution in [3.05, 3.63) is 34.6 Å². The zero-order valence-corrected chi connectivity index (χ0v) is 10.2. The molecule has 0 spiro atoms. The first-order valence-corrected chi connectivity index (χ1v) is 6.22. The van der Waals surface area contributed by atoms with Crippen LogP contribution in [0.4, 0.5) is 4.39 Å². The largest absolute Gasteiger partial charge is 0.313 e. The maximum Gasteiger partial charge on any atom is 0.123 e. The van der Waals surface area contributed by atoms with Crippen molar-refractivity contribution in [2.45, 2.75) is 31.7 Å². The van der Waals surface area contributed by atoms with Crippen LogP contribution in [0.5, 0.6) is 0 Å². The molecule has 1 unspecified atom stereocenters. The number of benzene rings is 1. The zero-order chi connectivity index (χ0) is 11.5. The van der Waals surface area contributed by atoms with Crippen LogP contribution in [0.2, 0.25) is 5.02 Å². The van der Waals surface area contributed by atoms with Crippen LogP contribution in [0.3, 0.4) is 0 Å². The first-order chi connectivity index (χ1) is 7.72.